The first-order chi connectivity index (χ1) is 28.3. The maximum absolute atomic E-state index is 7.30. The smallest absolute Gasteiger partial charge is 0.164 e. The van der Waals surface area contributed by atoms with E-state index in [2.05, 4.69) is 140 Å². The van der Waals surface area contributed by atoms with Gasteiger partial charge in [-0.1, -0.05) is 170 Å². The second-order valence-corrected chi connectivity index (χ2v) is 14.3. The molecule has 0 spiro atoms. The molecule has 0 amide bonds. The van der Waals surface area contributed by atoms with Gasteiger partial charge in [0.2, 0.25) is 0 Å². The topological polar surface area (TPSA) is 51.8 Å². The lowest BCUT2D eigenvalue weighted by atomic mass is 9.90. The SMILES string of the molecule is c1ccc(-c2cc(-c3ccccc3)c3oc4c(-c5cc6ccccc6c6ccccc56)ccc(-c5nc(-c6ccccc6)nc(-c6ccccc6)n5)c4c3c2)cc1. The van der Waals surface area contributed by atoms with Crippen LogP contribution in [0.1, 0.15) is 0 Å². The zero-order valence-electron chi connectivity index (χ0n) is 30.8. The van der Waals surface area contributed by atoms with Gasteiger partial charge in [0.15, 0.2) is 17.5 Å². The van der Waals surface area contributed by atoms with Crippen LogP contribution in [0.25, 0.3) is 111 Å². The normalized spacial score (nSPS) is 11.5. The molecule has 4 heteroatoms. The van der Waals surface area contributed by atoms with Crippen molar-refractivity contribution in [2.45, 2.75) is 0 Å². The highest BCUT2D eigenvalue weighted by molar-refractivity contribution is 6.22. The summed E-state index contributed by atoms with van der Waals surface area (Å²) in [5.74, 6) is 1.80. The third-order valence-corrected chi connectivity index (χ3v) is 10.9. The quantitative estimate of drug-likeness (QED) is 0.160. The molecule has 0 N–H and O–H groups in total. The van der Waals surface area contributed by atoms with Crippen molar-refractivity contribution in [3.8, 4) is 67.5 Å². The summed E-state index contributed by atoms with van der Waals surface area (Å²) in [5, 5.41) is 6.72. The summed E-state index contributed by atoms with van der Waals surface area (Å²) in [5.41, 5.74) is 10.8. The molecule has 0 fully saturated rings. The molecule has 2 heterocycles. The average molecular weight is 728 g/mol. The Morgan fingerprint density at radius 3 is 1.44 bits per heavy atom. The van der Waals surface area contributed by atoms with Crippen LogP contribution in [0.15, 0.2) is 205 Å². The summed E-state index contributed by atoms with van der Waals surface area (Å²) < 4.78 is 7.30. The Kier molecular flexibility index (Phi) is 7.78. The average Bonchev–Trinajstić information content (AvgIpc) is 3.69. The summed E-state index contributed by atoms with van der Waals surface area (Å²) in [6, 6.07) is 69.8. The van der Waals surface area contributed by atoms with Crippen LogP contribution in [0.4, 0.5) is 0 Å². The van der Waals surface area contributed by atoms with Gasteiger partial charge in [0.25, 0.3) is 0 Å². The summed E-state index contributed by atoms with van der Waals surface area (Å²) >= 11 is 0. The van der Waals surface area contributed by atoms with Crippen molar-refractivity contribution in [3.05, 3.63) is 200 Å². The first-order valence-electron chi connectivity index (χ1n) is 19.2. The highest BCUT2D eigenvalue weighted by Crippen LogP contribution is 2.47. The van der Waals surface area contributed by atoms with E-state index in [0.29, 0.717) is 17.5 Å². The molecule has 0 atom stereocenters. The zero-order chi connectivity index (χ0) is 37.7. The van der Waals surface area contributed by atoms with Crippen molar-refractivity contribution < 1.29 is 4.42 Å². The van der Waals surface area contributed by atoms with Gasteiger partial charge in [0.05, 0.1) is 0 Å². The van der Waals surface area contributed by atoms with Gasteiger partial charge in [-0.3, -0.25) is 0 Å². The molecule has 57 heavy (non-hydrogen) atoms. The molecular weight excluding hydrogens is 695 g/mol. The van der Waals surface area contributed by atoms with Gasteiger partial charge < -0.3 is 4.42 Å². The fourth-order valence-corrected chi connectivity index (χ4v) is 8.22. The molecule has 0 aliphatic rings. The van der Waals surface area contributed by atoms with E-state index in [-0.39, 0.29) is 0 Å². The first-order valence-corrected chi connectivity index (χ1v) is 19.2. The minimum atomic E-state index is 0.580. The van der Waals surface area contributed by atoms with Gasteiger partial charge in [0, 0.05) is 38.6 Å². The molecule has 0 bridgehead atoms. The van der Waals surface area contributed by atoms with E-state index in [1.807, 2.05) is 60.7 Å². The van der Waals surface area contributed by atoms with Crippen molar-refractivity contribution >= 4 is 43.5 Å². The molecule has 0 aliphatic carbocycles. The Bertz CT molecular complexity index is 3210. The highest BCUT2D eigenvalue weighted by atomic mass is 16.3. The van der Waals surface area contributed by atoms with Crippen molar-refractivity contribution in [1.82, 2.24) is 15.0 Å². The lowest BCUT2D eigenvalue weighted by Crippen LogP contribution is -2.00. The molecule has 266 valence electrons. The minimum Gasteiger partial charge on any atom is -0.455 e. The number of furan rings is 1. The maximum Gasteiger partial charge on any atom is 0.164 e. The molecule has 11 rings (SSSR count). The van der Waals surface area contributed by atoms with Gasteiger partial charge in [-0.15, -0.1) is 0 Å². The van der Waals surface area contributed by atoms with Crippen LogP contribution >= 0.6 is 0 Å². The second kappa shape index (κ2) is 13.6. The predicted molar refractivity (Wildman–Crippen MR) is 235 cm³/mol. The number of rotatable bonds is 6. The van der Waals surface area contributed by atoms with E-state index in [0.717, 1.165) is 77.4 Å². The van der Waals surface area contributed by atoms with Gasteiger partial charge in [0.1, 0.15) is 11.2 Å². The summed E-state index contributed by atoms with van der Waals surface area (Å²) in [4.78, 5) is 15.5. The van der Waals surface area contributed by atoms with E-state index < -0.39 is 0 Å². The summed E-state index contributed by atoms with van der Waals surface area (Å²) in [6.45, 7) is 0. The monoisotopic (exact) mass is 727 g/mol. The van der Waals surface area contributed by atoms with E-state index >= 15 is 0 Å². The molecule has 0 unspecified atom stereocenters. The van der Waals surface area contributed by atoms with Gasteiger partial charge >= 0.3 is 0 Å². The van der Waals surface area contributed by atoms with E-state index in [9.17, 15) is 0 Å². The predicted octanol–water partition coefficient (Wildman–Crippen LogP) is 14.1. The number of benzene rings is 9. The second-order valence-electron chi connectivity index (χ2n) is 14.3. The third-order valence-electron chi connectivity index (χ3n) is 10.9. The van der Waals surface area contributed by atoms with Crippen LogP contribution in [0, 0.1) is 0 Å². The Balaban J connectivity index is 1.29. The Morgan fingerprint density at radius 1 is 0.281 bits per heavy atom. The molecule has 0 radical (unpaired) electrons. The molecule has 0 saturated carbocycles. The lowest BCUT2D eigenvalue weighted by Gasteiger charge is -2.13. The van der Waals surface area contributed by atoms with Gasteiger partial charge in [-0.25, -0.2) is 15.0 Å². The van der Waals surface area contributed by atoms with E-state index in [1.165, 1.54) is 16.2 Å². The van der Waals surface area contributed by atoms with Crippen molar-refractivity contribution in [1.29, 1.82) is 0 Å². The van der Waals surface area contributed by atoms with Crippen LogP contribution in [-0.2, 0) is 0 Å². The summed E-state index contributed by atoms with van der Waals surface area (Å²) in [6.07, 6.45) is 0. The van der Waals surface area contributed by atoms with Crippen LogP contribution in [-0.4, -0.2) is 15.0 Å². The summed E-state index contributed by atoms with van der Waals surface area (Å²) in [7, 11) is 0. The fraction of sp³-hybridized carbons (Fsp3) is 0. The van der Waals surface area contributed by atoms with Crippen LogP contribution in [0.2, 0.25) is 0 Å². The number of nitrogens with zero attached hydrogens (tertiary/aromatic N) is 3. The number of fused-ring (bicyclic) bond motifs is 6. The van der Waals surface area contributed by atoms with Gasteiger partial charge in [-0.05, 0) is 74.1 Å². The number of hydrogen-bond donors (Lipinski definition) is 0. The van der Waals surface area contributed by atoms with Crippen LogP contribution in [0.3, 0.4) is 0 Å². The standard InChI is InChI=1S/C53H33N3O/c1-5-17-34(18-6-1)39-32-45(35-19-7-2-8-20-35)49-47(33-39)48-44(53-55-51(36-21-9-3-10-22-36)54-52(56-53)37-23-11-4-12-24-37)30-29-43(50(48)57-49)46-31-38-25-13-14-26-40(38)41-27-15-16-28-42(41)46/h1-33H. The molecule has 4 nitrogen and oxygen atoms in total. The molecule has 0 saturated heterocycles. The molecule has 0 aliphatic heterocycles. The molecular formula is C53H33N3O. The Morgan fingerprint density at radius 2 is 0.789 bits per heavy atom. The van der Waals surface area contributed by atoms with Crippen LogP contribution in [0.5, 0.6) is 0 Å². The number of hydrogen-bond acceptors (Lipinski definition) is 4. The number of aromatic nitrogens is 3. The largest absolute Gasteiger partial charge is 0.455 e. The van der Waals surface area contributed by atoms with E-state index in [1.54, 1.807) is 0 Å². The van der Waals surface area contributed by atoms with Crippen LogP contribution < -0.4 is 0 Å². The lowest BCUT2D eigenvalue weighted by molar-refractivity contribution is 0.671. The zero-order valence-corrected chi connectivity index (χ0v) is 30.8. The maximum atomic E-state index is 7.30. The molecule has 11 aromatic rings. The van der Waals surface area contributed by atoms with Crippen molar-refractivity contribution in [3.63, 3.8) is 0 Å². The van der Waals surface area contributed by atoms with E-state index in [4.69, 9.17) is 19.4 Å². The highest BCUT2D eigenvalue weighted by Gasteiger charge is 2.24. The first kappa shape index (κ1) is 32.7. The fourth-order valence-electron chi connectivity index (χ4n) is 8.22. The minimum absolute atomic E-state index is 0.580. The van der Waals surface area contributed by atoms with Gasteiger partial charge in [-0.2, -0.15) is 0 Å². The Hall–Kier alpha value is -7.69. The van der Waals surface area contributed by atoms with Crippen molar-refractivity contribution in [2.75, 3.05) is 0 Å². The molecule has 2 aromatic heterocycles. The molecule has 9 aromatic carbocycles. The Labute approximate surface area is 329 Å². The third kappa shape index (κ3) is 5.66. The van der Waals surface area contributed by atoms with Crippen molar-refractivity contribution in [2.24, 2.45) is 0 Å².